The Morgan fingerprint density at radius 1 is 1.24 bits per heavy atom. The molecular formula is C13H24N2O2. The van der Waals surface area contributed by atoms with Crippen molar-refractivity contribution in [3.8, 4) is 0 Å². The van der Waals surface area contributed by atoms with E-state index in [1.807, 2.05) is 0 Å². The third-order valence-corrected chi connectivity index (χ3v) is 2.71. The summed E-state index contributed by atoms with van der Waals surface area (Å²) < 4.78 is 0. The van der Waals surface area contributed by atoms with Gasteiger partial charge in [0.1, 0.15) is 0 Å². The normalized spacial score (nSPS) is 11.6. The molecular weight excluding hydrogens is 216 g/mol. The van der Waals surface area contributed by atoms with Crippen LogP contribution >= 0.6 is 0 Å². The number of amides is 2. The highest BCUT2D eigenvalue weighted by Crippen LogP contribution is 2.10. The van der Waals surface area contributed by atoms with Gasteiger partial charge in [-0.1, -0.05) is 39.2 Å². The second-order valence-electron chi connectivity index (χ2n) is 4.13. The van der Waals surface area contributed by atoms with Crippen LogP contribution in [0, 0.1) is 5.92 Å². The first-order chi connectivity index (χ1) is 8.15. The largest absolute Gasteiger partial charge is 0.348 e. The molecule has 2 N–H and O–H groups in total. The number of hydrogen-bond acceptors (Lipinski definition) is 2. The molecule has 0 rings (SSSR count). The summed E-state index contributed by atoms with van der Waals surface area (Å²) in [5.41, 5.74) is 0. The molecule has 0 fully saturated rings. The van der Waals surface area contributed by atoms with E-state index in [0.717, 1.165) is 25.7 Å². The lowest BCUT2D eigenvalue weighted by atomic mass is 9.99. The zero-order valence-electron chi connectivity index (χ0n) is 10.9. The van der Waals surface area contributed by atoms with Gasteiger partial charge in [-0.15, -0.1) is 6.58 Å². The average Bonchev–Trinajstić information content (AvgIpc) is 2.35. The van der Waals surface area contributed by atoms with Crippen molar-refractivity contribution in [2.24, 2.45) is 5.92 Å². The monoisotopic (exact) mass is 240 g/mol. The fourth-order valence-corrected chi connectivity index (χ4v) is 1.51. The summed E-state index contributed by atoms with van der Waals surface area (Å²) in [5, 5.41) is 5.11. The molecule has 0 bridgehead atoms. The van der Waals surface area contributed by atoms with E-state index in [1.54, 1.807) is 6.08 Å². The SMILES string of the molecule is C=CCNC(=O)C(=O)NCC(CC)CCCC. The minimum atomic E-state index is -0.588. The Kier molecular flexibility index (Phi) is 9.11. The predicted octanol–water partition coefficient (Wildman–Crippen LogP) is 1.62. The molecule has 0 aromatic rings. The molecule has 4 nitrogen and oxygen atoms in total. The van der Waals surface area contributed by atoms with E-state index < -0.39 is 11.8 Å². The Morgan fingerprint density at radius 2 is 1.88 bits per heavy atom. The van der Waals surface area contributed by atoms with Gasteiger partial charge in [-0.25, -0.2) is 0 Å². The van der Waals surface area contributed by atoms with E-state index >= 15 is 0 Å². The molecule has 0 saturated carbocycles. The fraction of sp³-hybridized carbons (Fsp3) is 0.692. The first-order valence-corrected chi connectivity index (χ1v) is 6.32. The number of unbranched alkanes of at least 4 members (excludes halogenated alkanes) is 1. The second kappa shape index (κ2) is 9.87. The van der Waals surface area contributed by atoms with Gasteiger partial charge in [0.15, 0.2) is 0 Å². The molecule has 4 heteroatoms. The van der Waals surface area contributed by atoms with E-state index in [0.29, 0.717) is 19.0 Å². The van der Waals surface area contributed by atoms with Crippen molar-refractivity contribution in [1.82, 2.24) is 10.6 Å². The Morgan fingerprint density at radius 3 is 2.41 bits per heavy atom. The maximum absolute atomic E-state index is 11.4. The molecule has 0 aliphatic heterocycles. The molecule has 0 spiro atoms. The Hall–Kier alpha value is -1.32. The van der Waals surface area contributed by atoms with Gasteiger partial charge in [-0.2, -0.15) is 0 Å². The van der Waals surface area contributed by atoms with Crippen LogP contribution < -0.4 is 10.6 Å². The van der Waals surface area contributed by atoms with Crippen molar-refractivity contribution in [2.75, 3.05) is 13.1 Å². The van der Waals surface area contributed by atoms with Crippen LogP contribution in [0.25, 0.3) is 0 Å². The molecule has 17 heavy (non-hydrogen) atoms. The van der Waals surface area contributed by atoms with Gasteiger partial charge in [0.25, 0.3) is 0 Å². The topological polar surface area (TPSA) is 58.2 Å². The van der Waals surface area contributed by atoms with E-state index in [1.165, 1.54) is 0 Å². The maximum atomic E-state index is 11.4. The minimum Gasteiger partial charge on any atom is -0.348 e. The molecule has 0 aromatic heterocycles. The summed E-state index contributed by atoms with van der Waals surface area (Å²) in [5.74, 6) is -0.678. The van der Waals surface area contributed by atoms with Crippen LogP contribution in [0.3, 0.4) is 0 Å². The highest BCUT2D eigenvalue weighted by molar-refractivity contribution is 6.35. The highest BCUT2D eigenvalue weighted by atomic mass is 16.2. The Balaban J connectivity index is 3.86. The molecule has 0 radical (unpaired) electrons. The molecule has 0 aliphatic carbocycles. The molecule has 2 amide bonds. The van der Waals surface area contributed by atoms with E-state index in [-0.39, 0.29) is 0 Å². The van der Waals surface area contributed by atoms with Crippen molar-refractivity contribution in [3.05, 3.63) is 12.7 Å². The third kappa shape index (κ3) is 7.55. The quantitative estimate of drug-likeness (QED) is 0.500. The summed E-state index contributed by atoms with van der Waals surface area (Å²) in [4.78, 5) is 22.6. The zero-order valence-corrected chi connectivity index (χ0v) is 10.9. The van der Waals surface area contributed by atoms with Crippen molar-refractivity contribution in [2.45, 2.75) is 39.5 Å². The summed E-state index contributed by atoms with van der Waals surface area (Å²) in [7, 11) is 0. The first-order valence-electron chi connectivity index (χ1n) is 6.32. The highest BCUT2D eigenvalue weighted by Gasteiger charge is 2.13. The molecule has 0 aliphatic rings. The van der Waals surface area contributed by atoms with Gasteiger partial charge in [0, 0.05) is 13.1 Å². The molecule has 0 saturated heterocycles. The van der Waals surface area contributed by atoms with Gasteiger partial charge in [0.2, 0.25) is 0 Å². The molecule has 0 heterocycles. The number of hydrogen-bond donors (Lipinski definition) is 2. The van der Waals surface area contributed by atoms with Crippen LogP contribution in [0.2, 0.25) is 0 Å². The zero-order chi connectivity index (χ0) is 13.1. The van der Waals surface area contributed by atoms with Crippen LogP contribution in [0.5, 0.6) is 0 Å². The summed E-state index contributed by atoms with van der Waals surface area (Å²) in [6.07, 6.45) is 5.98. The summed E-state index contributed by atoms with van der Waals surface area (Å²) in [6, 6.07) is 0. The van der Waals surface area contributed by atoms with E-state index in [2.05, 4.69) is 31.1 Å². The standard InChI is InChI=1S/C13H24N2O2/c1-4-7-8-11(6-3)10-15-13(17)12(16)14-9-5-2/h5,11H,2,4,6-10H2,1,3H3,(H,14,16)(H,15,17). The van der Waals surface area contributed by atoms with Crippen LogP contribution in [-0.4, -0.2) is 24.9 Å². The first kappa shape index (κ1) is 15.7. The minimum absolute atomic E-state index is 0.319. The maximum Gasteiger partial charge on any atom is 0.309 e. The third-order valence-electron chi connectivity index (χ3n) is 2.71. The van der Waals surface area contributed by atoms with Gasteiger partial charge in [-0.05, 0) is 12.3 Å². The van der Waals surface area contributed by atoms with Gasteiger partial charge < -0.3 is 10.6 Å². The number of rotatable bonds is 8. The molecule has 1 atom stereocenters. The number of carbonyl (C=O) groups excluding carboxylic acids is 2. The van der Waals surface area contributed by atoms with Crippen LogP contribution in [0.4, 0.5) is 0 Å². The fourth-order valence-electron chi connectivity index (χ4n) is 1.51. The molecule has 1 unspecified atom stereocenters. The van der Waals surface area contributed by atoms with Crippen molar-refractivity contribution < 1.29 is 9.59 Å². The molecule has 0 aromatic carbocycles. The van der Waals surface area contributed by atoms with Crippen molar-refractivity contribution >= 4 is 11.8 Å². The Bertz CT molecular complexity index is 252. The van der Waals surface area contributed by atoms with Crippen LogP contribution in [0.15, 0.2) is 12.7 Å². The average molecular weight is 240 g/mol. The smallest absolute Gasteiger partial charge is 0.309 e. The van der Waals surface area contributed by atoms with E-state index in [4.69, 9.17) is 0 Å². The van der Waals surface area contributed by atoms with Crippen molar-refractivity contribution in [1.29, 1.82) is 0 Å². The van der Waals surface area contributed by atoms with Gasteiger partial charge in [-0.3, -0.25) is 9.59 Å². The number of carbonyl (C=O) groups is 2. The lowest BCUT2D eigenvalue weighted by molar-refractivity contribution is -0.139. The predicted molar refractivity (Wildman–Crippen MR) is 69.5 cm³/mol. The number of nitrogens with one attached hydrogen (secondary N) is 2. The van der Waals surface area contributed by atoms with Crippen molar-refractivity contribution in [3.63, 3.8) is 0 Å². The molecule has 98 valence electrons. The lowest BCUT2D eigenvalue weighted by Gasteiger charge is -2.14. The summed E-state index contributed by atoms with van der Waals surface area (Å²) in [6.45, 7) is 8.61. The van der Waals surface area contributed by atoms with Crippen LogP contribution in [0.1, 0.15) is 39.5 Å². The van der Waals surface area contributed by atoms with Gasteiger partial charge >= 0.3 is 11.8 Å². The van der Waals surface area contributed by atoms with E-state index in [9.17, 15) is 9.59 Å². The Labute approximate surface area is 104 Å². The summed E-state index contributed by atoms with van der Waals surface area (Å²) >= 11 is 0. The lowest BCUT2D eigenvalue weighted by Crippen LogP contribution is -2.41. The van der Waals surface area contributed by atoms with Crippen LogP contribution in [-0.2, 0) is 9.59 Å². The second-order valence-corrected chi connectivity index (χ2v) is 4.13. The van der Waals surface area contributed by atoms with Gasteiger partial charge in [0.05, 0.1) is 0 Å².